The molecule has 0 aliphatic carbocycles. The number of methoxy groups -OCH3 is 1. The third kappa shape index (κ3) is 11.2. The average molecular weight is 600 g/mol. The van der Waals surface area contributed by atoms with Gasteiger partial charge in [0.05, 0.1) is 7.11 Å². The number of anilines is 1. The Balaban J connectivity index is 2.55. The number of alkyl carbamates (subject to hydrolysis) is 1. The number of ether oxygens (including phenoxy) is 2. The molecule has 0 fully saturated rings. The molecule has 0 radical (unpaired) electrons. The molecule has 0 saturated heterocycles. The monoisotopic (exact) mass is 599 g/mol. The van der Waals surface area contributed by atoms with Crippen LogP contribution in [-0.2, 0) is 14.3 Å². The van der Waals surface area contributed by atoms with Gasteiger partial charge in [-0.05, 0) is 100 Å². The molecule has 3 amide bonds. The number of unbranched alkanes of at least 4 members (excludes halogenated alkanes) is 3. The van der Waals surface area contributed by atoms with E-state index >= 15 is 0 Å². The summed E-state index contributed by atoms with van der Waals surface area (Å²) in [7, 11) is 1.59. The highest BCUT2D eigenvalue weighted by atomic mass is 32.2. The van der Waals surface area contributed by atoms with Gasteiger partial charge in [0.15, 0.2) is 0 Å². The van der Waals surface area contributed by atoms with Crippen LogP contribution < -0.4 is 15.4 Å². The van der Waals surface area contributed by atoms with Crippen molar-refractivity contribution in [3.05, 3.63) is 59.2 Å². The fourth-order valence-corrected chi connectivity index (χ4v) is 4.98. The van der Waals surface area contributed by atoms with E-state index in [0.29, 0.717) is 35.7 Å². The lowest BCUT2D eigenvalue weighted by Gasteiger charge is -2.35. The highest BCUT2D eigenvalue weighted by molar-refractivity contribution is 7.98. The van der Waals surface area contributed by atoms with Gasteiger partial charge in [-0.15, -0.1) is 0 Å². The predicted octanol–water partition coefficient (Wildman–Crippen LogP) is 7.05. The standard InChI is InChI=1S/C33H49N3O5S/c1-9-10-11-12-20-36(31(38)28(19-21-42-8)35-32(39)41-33(4,5)6)29(25-14-13-23(2)24(3)22-25)30(37)34-26-15-17-27(40-7)18-16-26/h13-18,22,28-29H,9-12,19-21H2,1-8H3,(H,34,37)(H,35,39). The number of nitrogens with one attached hydrogen (secondary N) is 2. The average Bonchev–Trinajstić information content (AvgIpc) is 2.93. The maximum Gasteiger partial charge on any atom is 0.408 e. The van der Waals surface area contributed by atoms with Crippen LogP contribution in [0.3, 0.4) is 0 Å². The minimum absolute atomic E-state index is 0.306. The lowest BCUT2D eigenvalue weighted by molar-refractivity contribution is -0.141. The Labute approximate surface area is 256 Å². The first-order valence-electron chi connectivity index (χ1n) is 14.7. The van der Waals surface area contributed by atoms with Crippen molar-refractivity contribution in [1.29, 1.82) is 0 Å². The van der Waals surface area contributed by atoms with Crippen LogP contribution in [0.2, 0.25) is 0 Å². The van der Waals surface area contributed by atoms with Gasteiger partial charge in [-0.2, -0.15) is 11.8 Å². The van der Waals surface area contributed by atoms with Crippen molar-refractivity contribution in [2.24, 2.45) is 0 Å². The van der Waals surface area contributed by atoms with Gasteiger partial charge in [-0.25, -0.2) is 4.79 Å². The van der Waals surface area contributed by atoms with E-state index in [2.05, 4.69) is 17.6 Å². The molecular formula is C33H49N3O5S. The van der Waals surface area contributed by atoms with E-state index in [-0.39, 0.29) is 11.8 Å². The number of thioether (sulfide) groups is 1. The second-order valence-corrected chi connectivity index (χ2v) is 12.5. The lowest BCUT2D eigenvalue weighted by Crippen LogP contribution is -2.52. The Morgan fingerprint density at radius 1 is 0.976 bits per heavy atom. The van der Waals surface area contributed by atoms with Gasteiger partial charge < -0.3 is 25.0 Å². The number of rotatable bonds is 15. The van der Waals surface area contributed by atoms with Crippen molar-refractivity contribution in [3.8, 4) is 5.75 Å². The molecule has 2 atom stereocenters. The fourth-order valence-electron chi connectivity index (χ4n) is 4.51. The summed E-state index contributed by atoms with van der Waals surface area (Å²) in [4.78, 5) is 42.9. The summed E-state index contributed by atoms with van der Waals surface area (Å²) in [5, 5.41) is 5.82. The smallest absolute Gasteiger partial charge is 0.408 e. The first-order chi connectivity index (χ1) is 19.9. The molecule has 0 aliphatic rings. The van der Waals surface area contributed by atoms with Gasteiger partial charge in [0.2, 0.25) is 5.91 Å². The summed E-state index contributed by atoms with van der Waals surface area (Å²) in [5.74, 6) is 0.700. The van der Waals surface area contributed by atoms with Gasteiger partial charge in [-0.3, -0.25) is 9.59 Å². The van der Waals surface area contributed by atoms with Crippen LogP contribution >= 0.6 is 11.8 Å². The zero-order valence-corrected chi connectivity index (χ0v) is 27.4. The molecule has 0 aliphatic heterocycles. The van der Waals surface area contributed by atoms with E-state index in [1.54, 1.807) is 68.8 Å². The van der Waals surface area contributed by atoms with E-state index in [4.69, 9.17) is 9.47 Å². The summed E-state index contributed by atoms with van der Waals surface area (Å²) in [6.07, 6.45) is 5.44. The van der Waals surface area contributed by atoms with Crippen molar-refractivity contribution in [3.63, 3.8) is 0 Å². The third-order valence-electron chi connectivity index (χ3n) is 6.90. The molecular weight excluding hydrogens is 550 g/mol. The Bertz CT molecular complexity index is 1160. The number of hydrogen-bond donors (Lipinski definition) is 2. The van der Waals surface area contributed by atoms with Crippen LogP contribution in [0.5, 0.6) is 5.75 Å². The maximum atomic E-state index is 14.4. The molecule has 42 heavy (non-hydrogen) atoms. The Kier molecular flexibility index (Phi) is 14.2. The van der Waals surface area contributed by atoms with Crippen LogP contribution in [0.4, 0.5) is 10.5 Å². The van der Waals surface area contributed by atoms with E-state index < -0.39 is 23.8 Å². The summed E-state index contributed by atoms with van der Waals surface area (Å²) in [6.45, 7) is 11.9. The molecule has 0 bridgehead atoms. The molecule has 2 aromatic carbocycles. The number of hydrogen-bond acceptors (Lipinski definition) is 6. The van der Waals surface area contributed by atoms with Gasteiger partial charge in [0.25, 0.3) is 5.91 Å². The van der Waals surface area contributed by atoms with Crippen LogP contribution in [0.25, 0.3) is 0 Å². The van der Waals surface area contributed by atoms with Crippen molar-refractivity contribution < 1.29 is 23.9 Å². The van der Waals surface area contributed by atoms with Crippen molar-refractivity contribution >= 4 is 35.4 Å². The predicted molar refractivity (Wildman–Crippen MR) is 172 cm³/mol. The number of amides is 3. The summed E-state index contributed by atoms with van der Waals surface area (Å²) >= 11 is 1.59. The number of nitrogens with zero attached hydrogens (tertiary/aromatic N) is 1. The summed E-state index contributed by atoms with van der Waals surface area (Å²) < 4.78 is 10.8. The zero-order valence-electron chi connectivity index (χ0n) is 26.5. The fraction of sp³-hybridized carbons (Fsp3) is 0.545. The Hall–Kier alpha value is -3.20. The zero-order chi connectivity index (χ0) is 31.3. The molecule has 2 unspecified atom stereocenters. The molecule has 0 saturated carbocycles. The second-order valence-electron chi connectivity index (χ2n) is 11.5. The molecule has 0 aromatic heterocycles. The molecule has 9 heteroatoms. The van der Waals surface area contributed by atoms with Crippen molar-refractivity contribution in [2.45, 2.75) is 91.3 Å². The lowest BCUT2D eigenvalue weighted by atomic mass is 9.97. The molecule has 2 rings (SSSR count). The molecule has 0 spiro atoms. The van der Waals surface area contributed by atoms with Crippen molar-refractivity contribution in [2.75, 3.05) is 31.0 Å². The van der Waals surface area contributed by atoms with Gasteiger partial charge in [0, 0.05) is 12.2 Å². The largest absolute Gasteiger partial charge is 0.497 e. The van der Waals surface area contributed by atoms with E-state index in [9.17, 15) is 14.4 Å². The number of carbonyl (C=O) groups is 3. The van der Waals surface area contributed by atoms with E-state index in [1.807, 2.05) is 38.3 Å². The second kappa shape index (κ2) is 17.0. The number of benzene rings is 2. The van der Waals surface area contributed by atoms with E-state index in [1.165, 1.54) is 0 Å². The Morgan fingerprint density at radius 2 is 1.67 bits per heavy atom. The number of carbonyl (C=O) groups excluding carboxylic acids is 3. The first-order valence-corrected chi connectivity index (χ1v) is 16.1. The summed E-state index contributed by atoms with van der Waals surface area (Å²) in [6, 6.07) is 11.2. The molecule has 8 nitrogen and oxygen atoms in total. The molecule has 232 valence electrons. The van der Waals surface area contributed by atoms with Crippen molar-refractivity contribution in [1.82, 2.24) is 10.2 Å². The molecule has 0 heterocycles. The van der Waals surface area contributed by atoms with Gasteiger partial charge in [0.1, 0.15) is 23.4 Å². The van der Waals surface area contributed by atoms with Crippen LogP contribution in [0, 0.1) is 13.8 Å². The topological polar surface area (TPSA) is 97.0 Å². The highest BCUT2D eigenvalue weighted by Gasteiger charge is 2.36. The van der Waals surface area contributed by atoms with Gasteiger partial charge >= 0.3 is 6.09 Å². The normalized spacial score (nSPS) is 12.7. The number of aryl methyl sites for hydroxylation is 2. The van der Waals surface area contributed by atoms with Crippen LogP contribution in [0.1, 0.15) is 82.5 Å². The highest BCUT2D eigenvalue weighted by Crippen LogP contribution is 2.28. The quantitative estimate of drug-likeness (QED) is 0.213. The van der Waals surface area contributed by atoms with E-state index in [0.717, 1.165) is 36.8 Å². The van der Waals surface area contributed by atoms with Gasteiger partial charge in [-0.1, -0.05) is 44.4 Å². The van der Waals surface area contributed by atoms with Crippen LogP contribution in [0.15, 0.2) is 42.5 Å². The maximum absolute atomic E-state index is 14.4. The minimum Gasteiger partial charge on any atom is -0.497 e. The third-order valence-corrected chi connectivity index (χ3v) is 7.54. The SMILES string of the molecule is CCCCCCN(C(=O)C(CCSC)NC(=O)OC(C)(C)C)C(C(=O)Nc1ccc(OC)cc1)c1ccc(C)c(C)c1. The molecule has 2 N–H and O–H groups in total. The summed E-state index contributed by atoms with van der Waals surface area (Å²) in [5.41, 5.74) is 2.72. The Morgan fingerprint density at radius 3 is 2.24 bits per heavy atom. The first kappa shape index (κ1) is 35.0. The molecule has 2 aromatic rings. The van der Waals surface area contributed by atoms with Crippen LogP contribution in [-0.4, -0.2) is 60.1 Å². The minimum atomic E-state index is -0.905.